The lowest BCUT2D eigenvalue weighted by molar-refractivity contribution is -0.359. The molecule has 584 valence electrons. The van der Waals surface area contributed by atoms with E-state index in [1.54, 1.807) is 6.08 Å². The van der Waals surface area contributed by atoms with Crippen LogP contribution in [0.15, 0.2) is 36.5 Å². The Bertz CT molecular complexity index is 1800. The standard InChI is InChI=1S/C85H161NO13/c1-3-5-7-9-11-13-15-17-19-21-23-25-27-29-31-33-35-37-39-41-43-45-47-49-51-53-55-57-59-61-63-65-67-69-77(90)86-73(72-96-84-82(95)80(93)83(76(71-88)98-84)99-85-81(94)79(92)78(91)75(70-87)97-85)74(89)68-66-64-62-60-58-56-54-52-50-48-46-44-42-40-38-36-34-32-30-28-26-24-22-20-18-16-14-12-10-8-6-4-2/h21,23,58,60,66,68,73-76,78-85,87-89,91-95H,3-20,22,24-57,59,61-65,67,69-72H2,1-2H3,(H,86,90)/b23-21-,60-58+,68-66+. The highest BCUT2D eigenvalue weighted by Gasteiger charge is 2.51. The van der Waals surface area contributed by atoms with Crippen molar-refractivity contribution in [2.24, 2.45) is 0 Å². The second-order valence-electron chi connectivity index (χ2n) is 30.3. The smallest absolute Gasteiger partial charge is 0.220 e. The van der Waals surface area contributed by atoms with Gasteiger partial charge in [0.15, 0.2) is 12.6 Å². The van der Waals surface area contributed by atoms with Crippen LogP contribution in [0.4, 0.5) is 0 Å². The molecule has 2 heterocycles. The molecular weight excluding hydrogens is 1240 g/mol. The first-order valence-electron chi connectivity index (χ1n) is 42.7. The SMILES string of the molecule is CCCCCCCCCC/C=C\CCCCCCCCCCCCCCCCCCCCCCCC(=O)NC(COC1OC(CO)C(OC2OC(CO)C(O)C(O)C2O)C(O)C1O)C(O)/C=C/CC/C=C/CCCCCCCCCCCCCCCCCCCCCCCCCCCC. The van der Waals surface area contributed by atoms with E-state index in [4.69, 9.17) is 18.9 Å². The number of carbonyl (C=O) groups is 1. The van der Waals surface area contributed by atoms with E-state index in [2.05, 4.69) is 43.5 Å². The van der Waals surface area contributed by atoms with Gasteiger partial charge in [-0.3, -0.25) is 4.79 Å². The summed E-state index contributed by atoms with van der Waals surface area (Å²) >= 11 is 0. The third-order valence-electron chi connectivity index (χ3n) is 21.0. The molecule has 2 aliphatic heterocycles. The van der Waals surface area contributed by atoms with E-state index in [1.807, 2.05) is 6.08 Å². The van der Waals surface area contributed by atoms with Crippen LogP contribution in [0.2, 0.25) is 0 Å². The van der Waals surface area contributed by atoms with E-state index in [0.29, 0.717) is 12.8 Å². The molecular formula is C85H161NO13. The van der Waals surface area contributed by atoms with Crippen LogP contribution in [-0.4, -0.2) is 140 Å². The molecule has 1 amide bonds. The van der Waals surface area contributed by atoms with Gasteiger partial charge in [0.1, 0.15) is 48.8 Å². The minimum absolute atomic E-state index is 0.240. The number of unbranched alkanes of at least 4 members (excludes halogenated alkanes) is 56. The maximum absolute atomic E-state index is 13.4. The monoisotopic (exact) mass is 1400 g/mol. The number of nitrogens with one attached hydrogen (secondary N) is 1. The Hall–Kier alpha value is -1.79. The number of carbonyl (C=O) groups excluding carboxylic acids is 1. The van der Waals surface area contributed by atoms with E-state index in [-0.39, 0.29) is 18.9 Å². The number of amides is 1. The quantitative estimate of drug-likeness (QED) is 0.0204. The van der Waals surface area contributed by atoms with Crippen LogP contribution in [0.3, 0.4) is 0 Å². The van der Waals surface area contributed by atoms with Gasteiger partial charge in [0, 0.05) is 6.42 Å². The van der Waals surface area contributed by atoms with Crippen molar-refractivity contribution in [3.8, 4) is 0 Å². The summed E-state index contributed by atoms with van der Waals surface area (Å²) in [5.74, 6) is -0.240. The van der Waals surface area contributed by atoms with Crippen molar-refractivity contribution in [2.75, 3.05) is 19.8 Å². The number of hydrogen-bond donors (Lipinski definition) is 9. The molecule has 0 aromatic heterocycles. The zero-order valence-corrected chi connectivity index (χ0v) is 64.3. The number of allylic oxidation sites excluding steroid dienone is 5. The molecule has 0 aromatic carbocycles. The molecule has 0 radical (unpaired) electrons. The zero-order chi connectivity index (χ0) is 71.5. The van der Waals surface area contributed by atoms with Gasteiger partial charge in [0.05, 0.1) is 32.0 Å². The minimum atomic E-state index is -1.79. The van der Waals surface area contributed by atoms with Crippen molar-refractivity contribution < 1.29 is 64.6 Å². The van der Waals surface area contributed by atoms with Crippen LogP contribution in [-0.2, 0) is 23.7 Å². The number of aliphatic hydroxyl groups is 8. The summed E-state index contributed by atoms with van der Waals surface area (Å²) in [5.41, 5.74) is 0. The topological polar surface area (TPSA) is 228 Å². The molecule has 2 aliphatic rings. The van der Waals surface area contributed by atoms with Crippen LogP contribution < -0.4 is 5.32 Å². The lowest BCUT2D eigenvalue weighted by Gasteiger charge is -2.46. The molecule has 14 nitrogen and oxygen atoms in total. The molecule has 0 bridgehead atoms. The Balaban J connectivity index is 1.60. The summed E-state index contributed by atoms with van der Waals surface area (Å²) in [7, 11) is 0. The zero-order valence-electron chi connectivity index (χ0n) is 64.3. The molecule has 0 saturated carbocycles. The van der Waals surface area contributed by atoms with Gasteiger partial charge in [0.25, 0.3) is 0 Å². The maximum atomic E-state index is 13.4. The fraction of sp³-hybridized carbons (Fsp3) is 0.918. The van der Waals surface area contributed by atoms with Gasteiger partial charge < -0.3 is 65.1 Å². The molecule has 99 heavy (non-hydrogen) atoms. The molecule has 2 saturated heterocycles. The normalized spacial score (nSPS) is 22.0. The lowest BCUT2D eigenvalue weighted by atomic mass is 9.97. The van der Waals surface area contributed by atoms with Gasteiger partial charge in [-0.15, -0.1) is 0 Å². The number of ether oxygens (including phenoxy) is 4. The summed E-state index contributed by atoms with van der Waals surface area (Å²) in [4.78, 5) is 13.4. The first kappa shape index (κ1) is 93.3. The maximum Gasteiger partial charge on any atom is 0.220 e. The molecule has 0 aliphatic carbocycles. The largest absolute Gasteiger partial charge is 0.394 e. The van der Waals surface area contributed by atoms with Gasteiger partial charge >= 0.3 is 0 Å². The Labute approximate surface area is 608 Å². The van der Waals surface area contributed by atoms with Crippen molar-refractivity contribution >= 4 is 5.91 Å². The van der Waals surface area contributed by atoms with Gasteiger partial charge in [-0.25, -0.2) is 0 Å². The van der Waals surface area contributed by atoms with Crippen molar-refractivity contribution in [1.29, 1.82) is 0 Å². The summed E-state index contributed by atoms with van der Waals surface area (Å²) in [6.07, 6.45) is 75.4. The summed E-state index contributed by atoms with van der Waals surface area (Å²) in [6, 6.07) is -0.932. The first-order chi connectivity index (χ1) is 48.6. The number of aliphatic hydroxyl groups excluding tert-OH is 8. The Morgan fingerprint density at radius 3 is 0.990 bits per heavy atom. The molecule has 12 unspecified atom stereocenters. The Kier molecular flexibility index (Phi) is 65.3. The molecule has 12 atom stereocenters. The summed E-state index contributed by atoms with van der Waals surface area (Å²) in [5, 5.41) is 87.7. The van der Waals surface area contributed by atoms with Gasteiger partial charge in [-0.05, 0) is 57.8 Å². The first-order valence-corrected chi connectivity index (χ1v) is 42.7. The molecule has 9 N–H and O–H groups in total. The second kappa shape index (κ2) is 69.3. The third-order valence-corrected chi connectivity index (χ3v) is 21.0. The second-order valence-corrected chi connectivity index (χ2v) is 30.3. The highest BCUT2D eigenvalue weighted by atomic mass is 16.7. The average Bonchev–Trinajstić information content (AvgIpc) is 0.793. The number of hydrogen-bond acceptors (Lipinski definition) is 13. The van der Waals surface area contributed by atoms with Gasteiger partial charge in [0.2, 0.25) is 5.91 Å². The van der Waals surface area contributed by atoms with Gasteiger partial charge in [-0.1, -0.05) is 378 Å². The molecule has 2 fully saturated rings. The number of rotatable bonds is 73. The van der Waals surface area contributed by atoms with Crippen LogP contribution >= 0.6 is 0 Å². The highest BCUT2D eigenvalue weighted by molar-refractivity contribution is 5.76. The molecule has 0 aromatic rings. The fourth-order valence-corrected chi connectivity index (χ4v) is 14.3. The molecule has 0 spiro atoms. The highest BCUT2D eigenvalue weighted by Crippen LogP contribution is 2.30. The van der Waals surface area contributed by atoms with E-state index in [0.717, 1.165) is 32.1 Å². The van der Waals surface area contributed by atoms with Crippen LogP contribution in [0.25, 0.3) is 0 Å². The van der Waals surface area contributed by atoms with Crippen molar-refractivity contribution in [3.63, 3.8) is 0 Å². The predicted octanol–water partition coefficient (Wildman–Crippen LogP) is 20.0. The van der Waals surface area contributed by atoms with Crippen LogP contribution in [0.5, 0.6) is 0 Å². The predicted molar refractivity (Wildman–Crippen MR) is 411 cm³/mol. The van der Waals surface area contributed by atoms with Gasteiger partial charge in [-0.2, -0.15) is 0 Å². The van der Waals surface area contributed by atoms with E-state index in [1.165, 1.54) is 340 Å². The third kappa shape index (κ3) is 51.9. The summed E-state index contributed by atoms with van der Waals surface area (Å²) in [6.45, 7) is 2.85. The Morgan fingerprint density at radius 2 is 0.646 bits per heavy atom. The fourth-order valence-electron chi connectivity index (χ4n) is 14.3. The minimum Gasteiger partial charge on any atom is -0.394 e. The van der Waals surface area contributed by atoms with Crippen molar-refractivity contribution in [3.05, 3.63) is 36.5 Å². The lowest BCUT2D eigenvalue weighted by Crippen LogP contribution is -2.65. The average molecular weight is 1410 g/mol. The van der Waals surface area contributed by atoms with Crippen molar-refractivity contribution in [1.82, 2.24) is 5.32 Å². The molecule has 2 rings (SSSR count). The Morgan fingerprint density at radius 1 is 0.354 bits per heavy atom. The van der Waals surface area contributed by atoms with E-state index in [9.17, 15) is 45.6 Å². The van der Waals surface area contributed by atoms with E-state index < -0.39 is 86.8 Å². The molecule has 14 heteroatoms. The van der Waals surface area contributed by atoms with Crippen molar-refractivity contribution in [2.45, 2.75) is 479 Å². The summed E-state index contributed by atoms with van der Waals surface area (Å²) < 4.78 is 22.9. The van der Waals surface area contributed by atoms with Crippen LogP contribution in [0, 0.1) is 0 Å². The van der Waals surface area contributed by atoms with Crippen LogP contribution in [0.1, 0.15) is 406 Å². The van der Waals surface area contributed by atoms with E-state index >= 15 is 0 Å².